The summed E-state index contributed by atoms with van der Waals surface area (Å²) in [6, 6.07) is 16.9. The minimum Gasteiger partial charge on any atom is -0.350 e. The largest absolute Gasteiger partial charge is 0.350 e. The van der Waals surface area contributed by atoms with E-state index >= 15 is 0 Å². The van der Waals surface area contributed by atoms with Crippen molar-refractivity contribution in [1.29, 1.82) is 0 Å². The lowest BCUT2D eigenvalue weighted by atomic mass is 10.0. The van der Waals surface area contributed by atoms with E-state index in [9.17, 15) is 4.79 Å². The van der Waals surface area contributed by atoms with Gasteiger partial charge in [-0.25, -0.2) is 0 Å². The average molecular weight is 295 g/mol. The van der Waals surface area contributed by atoms with E-state index in [2.05, 4.69) is 67.7 Å². The summed E-state index contributed by atoms with van der Waals surface area (Å²) in [7, 11) is 0. The maximum absolute atomic E-state index is 12.1. The molecule has 116 valence electrons. The average Bonchev–Trinajstić information content (AvgIpc) is 2.54. The lowest BCUT2D eigenvalue weighted by molar-refractivity contribution is -0.121. The molecule has 0 bridgehead atoms. The van der Waals surface area contributed by atoms with Gasteiger partial charge >= 0.3 is 0 Å². The monoisotopic (exact) mass is 295 g/mol. The Morgan fingerprint density at radius 1 is 1.00 bits per heavy atom. The van der Waals surface area contributed by atoms with Gasteiger partial charge in [0.05, 0.1) is 6.04 Å². The van der Waals surface area contributed by atoms with E-state index < -0.39 is 0 Å². The van der Waals surface area contributed by atoms with Crippen LogP contribution in [0.15, 0.2) is 48.5 Å². The lowest BCUT2D eigenvalue weighted by Crippen LogP contribution is -2.26. The molecule has 1 atom stereocenters. The second-order valence-electron chi connectivity index (χ2n) is 5.87. The Balaban J connectivity index is 1.83. The fraction of sp³-hybridized carbons (Fsp3) is 0.350. The summed E-state index contributed by atoms with van der Waals surface area (Å²) in [5, 5.41) is 3.08. The first-order valence-electron chi connectivity index (χ1n) is 8.02. The van der Waals surface area contributed by atoms with Gasteiger partial charge in [-0.2, -0.15) is 0 Å². The zero-order valence-electron chi connectivity index (χ0n) is 13.7. The van der Waals surface area contributed by atoms with Gasteiger partial charge in [0.2, 0.25) is 5.91 Å². The second kappa shape index (κ2) is 7.79. The zero-order valence-corrected chi connectivity index (χ0v) is 13.7. The van der Waals surface area contributed by atoms with Crippen molar-refractivity contribution in [1.82, 2.24) is 5.32 Å². The molecule has 0 radical (unpaired) electrons. The van der Waals surface area contributed by atoms with Crippen molar-refractivity contribution in [3.8, 4) is 0 Å². The Morgan fingerprint density at radius 3 is 2.18 bits per heavy atom. The standard InChI is InChI=1S/C20H25NO/c1-4-17-9-12-19(13-10-17)16(3)21-20(22)14-11-18-7-5-15(2)6-8-18/h5-10,12-13,16H,4,11,14H2,1-3H3,(H,21,22). The van der Waals surface area contributed by atoms with Gasteiger partial charge < -0.3 is 5.32 Å². The third-order valence-electron chi connectivity index (χ3n) is 4.03. The maximum Gasteiger partial charge on any atom is 0.220 e. The van der Waals surface area contributed by atoms with E-state index in [0.717, 1.165) is 18.4 Å². The van der Waals surface area contributed by atoms with Crippen LogP contribution in [-0.4, -0.2) is 5.91 Å². The molecule has 22 heavy (non-hydrogen) atoms. The molecular formula is C20H25NO. The van der Waals surface area contributed by atoms with E-state index in [4.69, 9.17) is 0 Å². The van der Waals surface area contributed by atoms with Crippen molar-refractivity contribution in [2.24, 2.45) is 0 Å². The molecule has 2 aromatic rings. The van der Waals surface area contributed by atoms with Crippen molar-refractivity contribution in [2.45, 2.75) is 46.1 Å². The predicted molar refractivity (Wildman–Crippen MR) is 91.9 cm³/mol. The van der Waals surface area contributed by atoms with Crippen molar-refractivity contribution < 1.29 is 4.79 Å². The highest BCUT2D eigenvalue weighted by Crippen LogP contribution is 2.14. The van der Waals surface area contributed by atoms with E-state index in [1.807, 2.05) is 6.92 Å². The first-order valence-corrected chi connectivity index (χ1v) is 8.02. The van der Waals surface area contributed by atoms with Gasteiger partial charge in [0, 0.05) is 6.42 Å². The molecule has 2 nitrogen and oxygen atoms in total. The van der Waals surface area contributed by atoms with Crippen LogP contribution in [0.2, 0.25) is 0 Å². The molecule has 2 aromatic carbocycles. The fourth-order valence-corrected chi connectivity index (χ4v) is 2.45. The number of aryl methyl sites for hydroxylation is 3. The van der Waals surface area contributed by atoms with Crippen LogP contribution in [0.4, 0.5) is 0 Å². The molecule has 0 heterocycles. The number of carbonyl (C=O) groups excluding carboxylic acids is 1. The van der Waals surface area contributed by atoms with Crippen LogP contribution in [0, 0.1) is 6.92 Å². The third kappa shape index (κ3) is 4.73. The number of benzene rings is 2. The Kier molecular flexibility index (Phi) is 5.76. The van der Waals surface area contributed by atoms with Gasteiger partial charge in [-0.3, -0.25) is 4.79 Å². The highest BCUT2D eigenvalue weighted by atomic mass is 16.1. The second-order valence-corrected chi connectivity index (χ2v) is 5.87. The van der Waals surface area contributed by atoms with Crippen LogP contribution in [-0.2, 0) is 17.6 Å². The minimum absolute atomic E-state index is 0.0522. The summed E-state index contributed by atoms with van der Waals surface area (Å²) in [6.45, 7) is 6.25. The summed E-state index contributed by atoms with van der Waals surface area (Å²) in [5.74, 6) is 0.104. The highest BCUT2D eigenvalue weighted by Gasteiger charge is 2.09. The molecule has 0 aromatic heterocycles. The number of rotatable bonds is 6. The Hall–Kier alpha value is -2.09. The van der Waals surface area contributed by atoms with Crippen LogP contribution in [0.5, 0.6) is 0 Å². The molecule has 0 aliphatic heterocycles. The summed E-state index contributed by atoms with van der Waals surface area (Å²) in [6.07, 6.45) is 2.35. The molecule has 1 amide bonds. The predicted octanol–water partition coefficient (Wildman–Crippen LogP) is 4.37. The Labute approximate surface area is 133 Å². The van der Waals surface area contributed by atoms with Gasteiger partial charge in [-0.05, 0) is 43.4 Å². The lowest BCUT2D eigenvalue weighted by Gasteiger charge is -2.15. The number of amides is 1. The smallest absolute Gasteiger partial charge is 0.220 e. The van der Waals surface area contributed by atoms with E-state index in [-0.39, 0.29) is 11.9 Å². The summed E-state index contributed by atoms with van der Waals surface area (Å²) in [5.41, 5.74) is 4.93. The summed E-state index contributed by atoms with van der Waals surface area (Å²) in [4.78, 5) is 12.1. The molecule has 1 unspecified atom stereocenters. The number of hydrogen-bond acceptors (Lipinski definition) is 1. The molecule has 0 spiro atoms. The normalized spacial score (nSPS) is 12.0. The molecule has 0 aliphatic carbocycles. The van der Waals surface area contributed by atoms with E-state index in [0.29, 0.717) is 6.42 Å². The van der Waals surface area contributed by atoms with Crippen LogP contribution in [0.3, 0.4) is 0 Å². The van der Waals surface area contributed by atoms with Crippen LogP contribution >= 0.6 is 0 Å². The topological polar surface area (TPSA) is 29.1 Å². The molecule has 0 aliphatic rings. The molecule has 0 saturated heterocycles. The maximum atomic E-state index is 12.1. The van der Waals surface area contributed by atoms with Gasteiger partial charge in [0.15, 0.2) is 0 Å². The summed E-state index contributed by atoms with van der Waals surface area (Å²) < 4.78 is 0. The third-order valence-corrected chi connectivity index (χ3v) is 4.03. The molecule has 2 heteroatoms. The van der Waals surface area contributed by atoms with Crippen molar-refractivity contribution in [3.63, 3.8) is 0 Å². The van der Waals surface area contributed by atoms with E-state index in [1.165, 1.54) is 16.7 Å². The minimum atomic E-state index is 0.0522. The Bertz CT molecular complexity index is 599. The molecule has 0 fully saturated rings. The molecular weight excluding hydrogens is 270 g/mol. The quantitative estimate of drug-likeness (QED) is 0.842. The van der Waals surface area contributed by atoms with Crippen LogP contribution in [0.1, 0.15) is 48.6 Å². The van der Waals surface area contributed by atoms with E-state index in [1.54, 1.807) is 0 Å². The van der Waals surface area contributed by atoms with Gasteiger partial charge in [0.1, 0.15) is 0 Å². The molecule has 1 N–H and O–H groups in total. The zero-order chi connectivity index (χ0) is 15.9. The van der Waals surface area contributed by atoms with Crippen LogP contribution in [0.25, 0.3) is 0 Å². The van der Waals surface area contributed by atoms with Crippen molar-refractivity contribution in [3.05, 3.63) is 70.8 Å². The Morgan fingerprint density at radius 2 is 1.59 bits per heavy atom. The first-order chi connectivity index (χ1) is 10.6. The van der Waals surface area contributed by atoms with Crippen molar-refractivity contribution in [2.75, 3.05) is 0 Å². The first kappa shape index (κ1) is 16.3. The van der Waals surface area contributed by atoms with Gasteiger partial charge in [-0.1, -0.05) is 61.0 Å². The van der Waals surface area contributed by atoms with Gasteiger partial charge in [-0.15, -0.1) is 0 Å². The van der Waals surface area contributed by atoms with Crippen molar-refractivity contribution >= 4 is 5.91 Å². The molecule has 0 saturated carbocycles. The van der Waals surface area contributed by atoms with Gasteiger partial charge in [0.25, 0.3) is 0 Å². The highest BCUT2D eigenvalue weighted by molar-refractivity contribution is 5.76. The number of hydrogen-bond donors (Lipinski definition) is 1. The fourth-order valence-electron chi connectivity index (χ4n) is 2.45. The summed E-state index contributed by atoms with van der Waals surface area (Å²) >= 11 is 0. The SMILES string of the molecule is CCc1ccc(C(C)NC(=O)CCc2ccc(C)cc2)cc1. The number of nitrogens with one attached hydrogen (secondary N) is 1. The van der Waals surface area contributed by atoms with Crippen LogP contribution < -0.4 is 5.32 Å². The number of carbonyl (C=O) groups is 1. The molecule has 2 rings (SSSR count).